The molecule has 0 atom stereocenters. The van der Waals surface area contributed by atoms with Crippen LogP contribution < -0.4 is 8.85 Å². The lowest BCUT2D eigenvalue weighted by molar-refractivity contribution is 0.480. The van der Waals surface area contributed by atoms with E-state index in [-0.39, 0.29) is 0 Å². The van der Waals surface area contributed by atoms with E-state index in [0.717, 1.165) is 22.6 Å². The summed E-state index contributed by atoms with van der Waals surface area (Å²) in [6, 6.07) is 74.8. The first-order valence-corrected chi connectivity index (χ1v) is 36.2. The highest BCUT2D eigenvalue weighted by Gasteiger charge is 2.48. The molecular weight excluding hydrogens is 1100 g/mol. The zero-order valence-corrected chi connectivity index (χ0v) is 55.8. The third-order valence-electron chi connectivity index (χ3n) is 18.1. The van der Waals surface area contributed by atoms with E-state index in [9.17, 15) is 0 Å². The topological polar surface area (TPSA) is 18.5 Å². The van der Waals surface area contributed by atoms with Crippen LogP contribution in [0.2, 0.25) is 33.2 Å². The maximum atomic E-state index is 6.98. The van der Waals surface area contributed by atoms with Gasteiger partial charge in [-0.3, -0.25) is 0 Å². The summed E-state index contributed by atoms with van der Waals surface area (Å²) in [5.74, 6) is 2.01. The zero-order chi connectivity index (χ0) is 62.0. The molecule has 0 fully saturated rings. The fourth-order valence-electron chi connectivity index (χ4n) is 13.5. The minimum atomic E-state index is -2.01. The van der Waals surface area contributed by atoms with Crippen LogP contribution in [0.5, 0.6) is 11.5 Å². The lowest BCUT2D eigenvalue weighted by Gasteiger charge is -2.42. The molecule has 2 nitrogen and oxygen atoms in total. The molecule has 0 aliphatic heterocycles. The lowest BCUT2D eigenvalue weighted by atomic mass is 10.0. The van der Waals surface area contributed by atoms with Gasteiger partial charge in [-0.2, -0.15) is 0 Å². The summed E-state index contributed by atoms with van der Waals surface area (Å²) in [5.41, 5.74) is 17.3. The van der Waals surface area contributed by atoms with Gasteiger partial charge >= 0.3 is 0 Å². The quantitative estimate of drug-likeness (QED) is 0.0497. The Morgan fingerprint density at radius 2 is 0.364 bits per heavy atom. The van der Waals surface area contributed by atoms with Crippen LogP contribution in [0.25, 0.3) is 105 Å². The van der Waals surface area contributed by atoms with Crippen molar-refractivity contribution in [3.05, 3.63) is 273 Å². The second kappa shape index (κ2) is 28.1. The highest BCUT2D eigenvalue weighted by molar-refractivity contribution is 6.78. The molecule has 10 aromatic carbocycles. The molecule has 0 aromatic heterocycles. The van der Waals surface area contributed by atoms with E-state index in [1.54, 1.807) is 0 Å². The average Bonchev–Trinajstić information content (AvgIpc) is 1.17. The summed E-state index contributed by atoms with van der Waals surface area (Å²) < 4.78 is 14.0. The Kier molecular flexibility index (Phi) is 19.9. The van der Waals surface area contributed by atoms with Crippen LogP contribution in [0.1, 0.15) is 150 Å². The van der Waals surface area contributed by atoms with Gasteiger partial charge < -0.3 is 8.85 Å². The molecule has 4 heteroatoms. The molecule has 0 bridgehead atoms. The van der Waals surface area contributed by atoms with E-state index in [0.29, 0.717) is 33.2 Å². The maximum absolute atomic E-state index is 6.98. The molecule has 0 spiro atoms. The monoisotopic (exact) mass is 1180 g/mol. The van der Waals surface area contributed by atoms with Crippen molar-refractivity contribution in [1.82, 2.24) is 0 Å². The minimum Gasteiger partial charge on any atom is -0.543 e. The number of hydrogen-bond acceptors (Lipinski definition) is 2. The van der Waals surface area contributed by atoms with Gasteiger partial charge in [-0.05, 0) is 181 Å². The maximum Gasteiger partial charge on any atom is 0.258 e. The Hall–Kier alpha value is -8.55. The smallest absolute Gasteiger partial charge is 0.258 e. The van der Waals surface area contributed by atoms with Crippen molar-refractivity contribution in [3.8, 4) is 11.5 Å². The van der Waals surface area contributed by atoms with Crippen LogP contribution >= 0.6 is 0 Å². The summed E-state index contributed by atoms with van der Waals surface area (Å²) >= 11 is 0. The van der Waals surface area contributed by atoms with Crippen molar-refractivity contribution in [2.75, 3.05) is 0 Å². The molecule has 0 aliphatic carbocycles. The molecule has 0 amide bonds. The van der Waals surface area contributed by atoms with Gasteiger partial charge in [0.1, 0.15) is 11.5 Å². The first kappa shape index (κ1) is 62.5. The fourth-order valence-corrected chi connectivity index (χ4v) is 23.9. The Bertz CT molecular complexity index is 3870. The van der Waals surface area contributed by atoms with E-state index in [1.807, 2.05) is 0 Å². The van der Waals surface area contributed by atoms with E-state index in [4.69, 9.17) is 8.85 Å². The molecule has 0 N–H and O–H groups in total. The van der Waals surface area contributed by atoms with Gasteiger partial charge in [0.2, 0.25) is 0 Å². The summed E-state index contributed by atoms with van der Waals surface area (Å²) in [7, 11) is -4.02. The molecular formula is C84H88O2Si2. The highest BCUT2D eigenvalue weighted by Crippen LogP contribution is 2.45. The van der Waals surface area contributed by atoms with Gasteiger partial charge in [-0.1, -0.05) is 314 Å². The Balaban J connectivity index is 0.685. The highest BCUT2D eigenvalue weighted by atomic mass is 28.4. The minimum absolute atomic E-state index is 0.537. The second-order valence-corrected chi connectivity index (χ2v) is 36.7. The van der Waals surface area contributed by atoms with Crippen molar-refractivity contribution in [2.24, 2.45) is 0 Å². The number of fused-ring (bicyclic) bond motifs is 3. The van der Waals surface area contributed by atoms with Crippen LogP contribution in [-0.4, -0.2) is 16.6 Å². The molecule has 0 aliphatic rings. The molecule has 0 radical (unpaired) electrons. The first-order chi connectivity index (χ1) is 42.4. The molecule has 10 rings (SSSR count). The zero-order valence-electron chi connectivity index (χ0n) is 53.8. The fraction of sp³-hybridized carbons (Fsp3) is 0.214. The van der Waals surface area contributed by atoms with Gasteiger partial charge in [0.05, 0.1) is 0 Å². The van der Waals surface area contributed by atoms with Gasteiger partial charge in [-0.15, -0.1) is 0 Å². The standard InChI is InChI=1S/C84H88O2Si2/c1-59(2)87(60(3)4,61(5)6)85-83-51-49-78-53-73(43-47-80(78)57-83)37-33-69-25-17-65(18-26-69)13-15-67-21-29-71(30-22-67)35-39-75-41-45-77-46-42-76(56-82(77)55-75)40-36-72-31-23-68(24-32-72)16-14-66-19-27-70(28-20-66)34-38-74-44-48-81-58-84(52-50-79(81)54-74)86-88(62(7)8,63(9)10)64(11)12/h13-64H,1-12H3/b15-13-,16-14-,37-33+,38-34+,39-35+,40-36+. The van der Waals surface area contributed by atoms with Gasteiger partial charge in [0, 0.05) is 0 Å². The summed E-state index contributed by atoms with van der Waals surface area (Å²) in [6.07, 6.45) is 26.3. The lowest BCUT2D eigenvalue weighted by Crippen LogP contribution is -2.50. The summed E-state index contributed by atoms with van der Waals surface area (Å²) in [5, 5.41) is 7.32. The van der Waals surface area contributed by atoms with Crippen LogP contribution in [-0.2, 0) is 0 Å². The predicted molar refractivity (Wildman–Crippen MR) is 395 cm³/mol. The van der Waals surface area contributed by atoms with Crippen molar-refractivity contribution < 1.29 is 8.85 Å². The van der Waals surface area contributed by atoms with Crippen molar-refractivity contribution in [3.63, 3.8) is 0 Å². The van der Waals surface area contributed by atoms with E-state index < -0.39 is 16.6 Å². The van der Waals surface area contributed by atoms with Crippen molar-refractivity contribution in [1.29, 1.82) is 0 Å². The molecule has 0 saturated carbocycles. The average molecular weight is 1190 g/mol. The van der Waals surface area contributed by atoms with Crippen LogP contribution in [0.15, 0.2) is 206 Å². The Morgan fingerprint density at radius 3 is 0.591 bits per heavy atom. The first-order valence-electron chi connectivity index (χ1n) is 31.9. The van der Waals surface area contributed by atoms with Crippen LogP contribution in [0, 0.1) is 0 Å². The third-order valence-corrected chi connectivity index (χ3v) is 30.1. The molecule has 88 heavy (non-hydrogen) atoms. The van der Waals surface area contributed by atoms with Crippen molar-refractivity contribution >= 4 is 122 Å². The molecule has 10 aromatic rings. The number of rotatable bonds is 22. The summed E-state index contributed by atoms with van der Waals surface area (Å²) in [6.45, 7) is 28.1. The Labute approximate surface area is 528 Å². The van der Waals surface area contributed by atoms with Crippen molar-refractivity contribution in [2.45, 2.75) is 116 Å². The Morgan fingerprint density at radius 1 is 0.193 bits per heavy atom. The molecule has 444 valence electrons. The normalized spacial score (nSPS) is 12.9. The van der Waals surface area contributed by atoms with Crippen LogP contribution in [0.3, 0.4) is 0 Å². The number of hydrogen-bond donors (Lipinski definition) is 0. The van der Waals surface area contributed by atoms with Gasteiger partial charge in [0.15, 0.2) is 0 Å². The van der Waals surface area contributed by atoms with Gasteiger partial charge in [0.25, 0.3) is 16.6 Å². The van der Waals surface area contributed by atoms with E-state index in [1.165, 1.54) is 88.0 Å². The summed E-state index contributed by atoms with van der Waals surface area (Å²) in [4.78, 5) is 0. The van der Waals surface area contributed by atoms with E-state index in [2.05, 4.69) is 362 Å². The predicted octanol–water partition coefficient (Wildman–Crippen LogP) is 25.3. The SMILES string of the molecule is CC(C)[Si](Oc1ccc2cc(/C=C/c3ccc(/C=C\c4ccc(/C=C/c5ccc6ccc(/C=C/c7ccc(/C=C\c8ccc(/C=C/c9ccc%10cc(O[Si](C(C)C)(C(C)C)C(C)C)ccc%10c9)cc8)cc7)cc6c5)cc4)cc3)ccc2c1)(C(C)C)C(C)C. The second-order valence-electron chi connectivity index (χ2n) is 25.9. The molecule has 0 heterocycles. The van der Waals surface area contributed by atoms with Crippen LogP contribution in [0.4, 0.5) is 0 Å². The van der Waals surface area contributed by atoms with Gasteiger partial charge in [-0.25, -0.2) is 0 Å². The molecule has 0 saturated heterocycles. The van der Waals surface area contributed by atoms with E-state index >= 15 is 0 Å². The number of benzene rings is 10. The third kappa shape index (κ3) is 15.0. The molecule has 0 unspecified atom stereocenters. The largest absolute Gasteiger partial charge is 0.543 e.